The van der Waals surface area contributed by atoms with Gasteiger partial charge in [0.2, 0.25) is 0 Å². The van der Waals surface area contributed by atoms with Gasteiger partial charge in [0.05, 0.1) is 5.69 Å². The van der Waals surface area contributed by atoms with Crippen molar-refractivity contribution in [3.63, 3.8) is 0 Å². The highest BCUT2D eigenvalue weighted by Gasteiger charge is 2.41. The van der Waals surface area contributed by atoms with Gasteiger partial charge in [0.25, 0.3) is 0 Å². The lowest BCUT2D eigenvalue weighted by atomic mass is 9.92. The molecule has 37 heavy (non-hydrogen) atoms. The third-order valence-electron chi connectivity index (χ3n) is 6.08. The van der Waals surface area contributed by atoms with Gasteiger partial charge in [-0.05, 0) is 52.0 Å². The Balaban J connectivity index is 2.86. The number of para-hydroxylation sites is 2. The Hall–Kier alpha value is -2.77. The minimum Gasteiger partial charge on any atom is -0.351 e. The van der Waals surface area contributed by atoms with Crippen LogP contribution in [-0.2, 0) is 0 Å². The second-order valence-electron chi connectivity index (χ2n) is 10.4. The van der Waals surface area contributed by atoms with Gasteiger partial charge in [0, 0.05) is 5.69 Å². The lowest BCUT2D eigenvalue weighted by Gasteiger charge is -2.24. The molecule has 2 rings (SSSR count). The number of hydrogen-bond donors (Lipinski definition) is 1. The van der Waals surface area contributed by atoms with E-state index in [1.54, 1.807) is 64.1 Å². The summed E-state index contributed by atoms with van der Waals surface area (Å²) in [5, 5.41) is 2.34. The van der Waals surface area contributed by atoms with Crippen LogP contribution in [0.25, 0.3) is 0 Å². The third kappa shape index (κ3) is 7.62. The van der Waals surface area contributed by atoms with E-state index in [2.05, 4.69) is 10.3 Å². The summed E-state index contributed by atoms with van der Waals surface area (Å²) >= 11 is 0. The summed E-state index contributed by atoms with van der Waals surface area (Å²) in [5.74, 6) is -0.666. The molecule has 2 nitrogen and oxygen atoms in total. The summed E-state index contributed by atoms with van der Waals surface area (Å²) in [7, 11) is 0. The normalized spacial score (nSPS) is 13.9. The van der Waals surface area contributed by atoms with E-state index in [-0.39, 0.29) is 41.1 Å². The van der Waals surface area contributed by atoms with Crippen molar-refractivity contribution in [3.05, 3.63) is 70.4 Å². The van der Waals surface area contributed by atoms with Crippen molar-refractivity contribution in [2.24, 2.45) is 4.99 Å². The van der Waals surface area contributed by atoms with E-state index in [9.17, 15) is 26.3 Å². The lowest BCUT2D eigenvalue weighted by Crippen LogP contribution is -2.27. The monoisotopic (exact) mass is 526 g/mol. The van der Waals surface area contributed by atoms with Crippen molar-refractivity contribution in [2.45, 2.75) is 91.4 Å². The van der Waals surface area contributed by atoms with Crippen LogP contribution in [0.4, 0.5) is 37.7 Å². The number of hydrogen-bond acceptors (Lipinski definition) is 2. The molecule has 0 amide bonds. The number of nitrogens with zero attached hydrogens (tertiary/aromatic N) is 1. The molecular formula is C29H36F6N2. The first kappa shape index (κ1) is 30.5. The van der Waals surface area contributed by atoms with Gasteiger partial charge < -0.3 is 5.32 Å². The van der Waals surface area contributed by atoms with E-state index in [4.69, 9.17) is 0 Å². The van der Waals surface area contributed by atoms with E-state index < -0.39 is 23.8 Å². The maximum Gasteiger partial charge on any atom is 0.433 e. The molecule has 8 heteroatoms. The zero-order valence-corrected chi connectivity index (χ0v) is 22.6. The summed E-state index contributed by atoms with van der Waals surface area (Å²) in [5.41, 5.74) is -0.670. The number of alkyl halides is 6. The molecule has 0 radical (unpaired) electrons. The van der Waals surface area contributed by atoms with Crippen LogP contribution in [0.2, 0.25) is 0 Å². The van der Waals surface area contributed by atoms with Crippen molar-refractivity contribution in [1.82, 2.24) is 0 Å². The molecule has 2 aromatic carbocycles. The average molecular weight is 527 g/mol. The lowest BCUT2D eigenvalue weighted by molar-refractivity contribution is -0.0905. The van der Waals surface area contributed by atoms with Crippen LogP contribution in [-0.4, -0.2) is 18.1 Å². The summed E-state index contributed by atoms with van der Waals surface area (Å²) in [6, 6.07) is 10.1. The number of aliphatic imine (C=N–C) groups is 1. The highest BCUT2D eigenvalue weighted by molar-refractivity contribution is 6.02. The van der Waals surface area contributed by atoms with Gasteiger partial charge >= 0.3 is 12.4 Å². The smallest absolute Gasteiger partial charge is 0.351 e. The quantitative estimate of drug-likeness (QED) is 0.269. The fourth-order valence-corrected chi connectivity index (χ4v) is 4.09. The number of rotatable bonds is 8. The largest absolute Gasteiger partial charge is 0.433 e. The van der Waals surface area contributed by atoms with Crippen LogP contribution < -0.4 is 5.32 Å². The topological polar surface area (TPSA) is 24.4 Å². The second-order valence-corrected chi connectivity index (χ2v) is 10.4. The summed E-state index contributed by atoms with van der Waals surface area (Å²) in [6.07, 6.45) is -10.1. The van der Waals surface area contributed by atoms with Crippen molar-refractivity contribution in [2.75, 3.05) is 5.32 Å². The van der Waals surface area contributed by atoms with E-state index in [0.29, 0.717) is 22.3 Å². The Bertz CT molecular complexity index is 1080. The standard InChI is InChI=1S/C29H36F6N2/c1-16(2)20-11-9-12-21(17(3)4)26(20)36-24(28(30,31)32)15-25(29(33,34)35)37-27-22(18(5)6)13-10-14-23(27)19(7)8/h9-19,36H,1-8H3/b24-15+,37-25?. The molecule has 0 saturated carbocycles. The van der Waals surface area contributed by atoms with Crippen molar-refractivity contribution < 1.29 is 26.3 Å². The van der Waals surface area contributed by atoms with Gasteiger partial charge in [-0.15, -0.1) is 0 Å². The van der Waals surface area contributed by atoms with Gasteiger partial charge in [-0.25, -0.2) is 4.99 Å². The molecule has 0 spiro atoms. The molecule has 0 fully saturated rings. The van der Waals surface area contributed by atoms with Gasteiger partial charge in [-0.3, -0.25) is 0 Å². The Kier molecular flexibility index (Phi) is 9.66. The maximum absolute atomic E-state index is 14.2. The Morgan fingerprint density at radius 1 is 0.649 bits per heavy atom. The molecular weight excluding hydrogens is 490 g/mol. The minimum atomic E-state index is -5.12. The van der Waals surface area contributed by atoms with Gasteiger partial charge in [0.15, 0.2) is 0 Å². The highest BCUT2D eigenvalue weighted by Crippen LogP contribution is 2.39. The number of halogens is 6. The molecule has 0 aliphatic carbocycles. The van der Waals surface area contributed by atoms with Crippen LogP contribution >= 0.6 is 0 Å². The van der Waals surface area contributed by atoms with Gasteiger partial charge in [-0.2, -0.15) is 26.3 Å². The Morgan fingerprint density at radius 3 is 1.35 bits per heavy atom. The third-order valence-corrected chi connectivity index (χ3v) is 6.08. The molecule has 0 saturated heterocycles. The molecule has 0 atom stereocenters. The molecule has 0 unspecified atom stereocenters. The number of nitrogens with one attached hydrogen (secondary N) is 1. The first-order valence-corrected chi connectivity index (χ1v) is 12.4. The Labute approximate surface area is 215 Å². The van der Waals surface area contributed by atoms with Crippen LogP contribution in [0, 0.1) is 0 Å². The molecule has 0 aliphatic rings. The fourth-order valence-electron chi connectivity index (χ4n) is 4.09. The fraction of sp³-hybridized carbons (Fsp3) is 0.483. The summed E-state index contributed by atoms with van der Waals surface area (Å²) in [4.78, 5) is 3.86. The highest BCUT2D eigenvalue weighted by atomic mass is 19.4. The molecule has 0 aliphatic heterocycles. The van der Waals surface area contributed by atoms with Crippen LogP contribution in [0.1, 0.15) is 101 Å². The van der Waals surface area contributed by atoms with Crippen LogP contribution in [0.15, 0.2) is 53.2 Å². The van der Waals surface area contributed by atoms with Crippen LogP contribution in [0.5, 0.6) is 0 Å². The number of anilines is 1. The second kappa shape index (κ2) is 11.7. The Morgan fingerprint density at radius 2 is 1.03 bits per heavy atom. The molecule has 1 N–H and O–H groups in total. The predicted molar refractivity (Wildman–Crippen MR) is 140 cm³/mol. The molecule has 0 aromatic heterocycles. The summed E-state index contributed by atoms with van der Waals surface area (Å²) in [6.45, 7) is 14.5. The SMILES string of the molecule is CC(C)c1cccc(C(C)C)c1N=C(/C=C(/Nc1c(C(C)C)cccc1C(C)C)C(F)(F)F)C(F)(F)F. The van der Waals surface area contributed by atoms with Gasteiger partial charge in [-0.1, -0.05) is 91.8 Å². The molecule has 0 heterocycles. The number of benzene rings is 2. The molecule has 2 aromatic rings. The minimum absolute atomic E-state index is 0.0584. The van der Waals surface area contributed by atoms with Crippen molar-refractivity contribution in [1.29, 1.82) is 0 Å². The molecule has 0 bridgehead atoms. The van der Waals surface area contributed by atoms with Crippen molar-refractivity contribution in [3.8, 4) is 0 Å². The first-order valence-electron chi connectivity index (χ1n) is 12.4. The maximum atomic E-state index is 14.2. The van der Waals surface area contributed by atoms with E-state index in [1.165, 1.54) is 0 Å². The van der Waals surface area contributed by atoms with Crippen LogP contribution in [0.3, 0.4) is 0 Å². The van der Waals surface area contributed by atoms with Gasteiger partial charge in [0.1, 0.15) is 11.4 Å². The zero-order valence-electron chi connectivity index (χ0n) is 22.6. The van der Waals surface area contributed by atoms with E-state index >= 15 is 0 Å². The predicted octanol–water partition coefficient (Wildman–Crippen LogP) is 10.4. The number of allylic oxidation sites excluding steroid dienone is 2. The van der Waals surface area contributed by atoms with E-state index in [1.807, 2.05) is 27.7 Å². The zero-order chi connectivity index (χ0) is 28.3. The molecule has 204 valence electrons. The average Bonchev–Trinajstić information content (AvgIpc) is 2.75. The van der Waals surface area contributed by atoms with Crippen molar-refractivity contribution >= 4 is 17.1 Å². The van der Waals surface area contributed by atoms with E-state index in [0.717, 1.165) is 0 Å². The summed E-state index contributed by atoms with van der Waals surface area (Å²) < 4.78 is 85.3. The first-order chi connectivity index (χ1) is 16.9.